The van der Waals surface area contributed by atoms with Crippen molar-refractivity contribution in [3.8, 4) is 0 Å². The fourth-order valence-corrected chi connectivity index (χ4v) is 7.17. The summed E-state index contributed by atoms with van der Waals surface area (Å²) in [5.74, 6) is 1.99. The van der Waals surface area contributed by atoms with Gasteiger partial charge < -0.3 is 4.74 Å². The van der Waals surface area contributed by atoms with Crippen molar-refractivity contribution < 1.29 is 14.3 Å². The molecule has 3 nitrogen and oxygen atoms in total. The van der Waals surface area contributed by atoms with Gasteiger partial charge in [0.2, 0.25) is 0 Å². The Bertz CT molecular complexity index is 702. The summed E-state index contributed by atoms with van der Waals surface area (Å²) in [6.07, 6.45) is 12.3. The minimum Gasteiger partial charge on any atom is -0.463 e. The molecule has 0 bridgehead atoms. The van der Waals surface area contributed by atoms with Crippen LogP contribution in [0.25, 0.3) is 0 Å². The van der Waals surface area contributed by atoms with Crippen molar-refractivity contribution in [1.29, 1.82) is 0 Å². The van der Waals surface area contributed by atoms with Gasteiger partial charge >= 0.3 is 5.97 Å². The molecular formula is C23H32O3. The number of hydrogen-bond acceptors (Lipinski definition) is 3. The van der Waals surface area contributed by atoms with E-state index in [0.29, 0.717) is 17.8 Å². The topological polar surface area (TPSA) is 43.4 Å². The number of allylic oxidation sites excluding steroid dienone is 4. The van der Waals surface area contributed by atoms with Crippen LogP contribution < -0.4 is 0 Å². The van der Waals surface area contributed by atoms with Crippen molar-refractivity contribution in [1.82, 2.24) is 0 Å². The average molecular weight is 357 g/mol. The predicted octanol–water partition coefficient (Wildman–Crippen LogP) is 5.01. The highest BCUT2D eigenvalue weighted by molar-refractivity contribution is 5.95. The normalized spacial score (nSPS) is 44.2. The number of Topliss-reactive ketones (excluding diaryl/α,β-unsaturated/α-hetero) is 1. The second-order valence-corrected chi connectivity index (χ2v) is 9.60. The molecule has 0 heterocycles. The Kier molecular flexibility index (Phi) is 4.20. The molecule has 4 aliphatic rings. The monoisotopic (exact) mass is 356 g/mol. The number of hydrogen-bond donors (Lipinski definition) is 0. The van der Waals surface area contributed by atoms with Crippen LogP contribution in [0.5, 0.6) is 0 Å². The number of rotatable bonds is 2. The lowest BCUT2D eigenvalue weighted by molar-refractivity contribution is -0.150. The number of carbonyl (C=O) groups excluding carboxylic acids is 2. The van der Waals surface area contributed by atoms with Crippen LogP contribution in [0.1, 0.15) is 72.6 Å². The second kappa shape index (κ2) is 6.07. The highest BCUT2D eigenvalue weighted by atomic mass is 16.5. The predicted molar refractivity (Wildman–Crippen MR) is 101 cm³/mol. The van der Waals surface area contributed by atoms with E-state index in [1.165, 1.54) is 13.3 Å². The minimum absolute atomic E-state index is 0.0659. The summed E-state index contributed by atoms with van der Waals surface area (Å²) >= 11 is 0. The van der Waals surface area contributed by atoms with Gasteiger partial charge in [-0.2, -0.15) is 0 Å². The third kappa shape index (κ3) is 2.53. The Labute approximate surface area is 157 Å². The van der Waals surface area contributed by atoms with Gasteiger partial charge in [0, 0.05) is 6.92 Å². The number of fused-ring (bicyclic) bond motifs is 5. The van der Waals surface area contributed by atoms with Crippen molar-refractivity contribution >= 4 is 11.8 Å². The van der Waals surface area contributed by atoms with Gasteiger partial charge in [-0.15, -0.1) is 0 Å². The van der Waals surface area contributed by atoms with E-state index in [2.05, 4.69) is 26.0 Å². The highest BCUT2D eigenvalue weighted by Crippen LogP contribution is 2.65. The Morgan fingerprint density at radius 1 is 1.04 bits per heavy atom. The van der Waals surface area contributed by atoms with E-state index in [1.807, 2.05) is 0 Å². The zero-order valence-corrected chi connectivity index (χ0v) is 16.6. The van der Waals surface area contributed by atoms with Crippen LogP contribution in [-0.4, -0.2) is 17.9 Å². The molecule has 0 saturated heterocycles. The van der Waals surface area contributed by atoms with Crippen LogP contribution in [0, 0.1) is 28.6 Å². The maximum absolute atomic E-state index is 12.2. The summed E-state index contributed by atoms with van der Waals surface area (Å²) in [5, 5.41) is 0. The van der Waals surface area contributed by atoms with Gasteiger partial charge in [-0.3, -0.25) is 9.59 Å². The molecule has 4 aliphatic carbocycles. The third-order valence-corrected chi connectivity index (χ3v) is 8.31. The molecule has 0 amide bonds. The fraction of sp³-hybridized carbons (Fsp3) is 0.739. The van der Waals surface area contributed by atoms with E-state index in [9.17, 15) is 9.59 Å². The quantitative estimate of drug-likeness (QED) is 0.516. The maximum Gasteiger partial charge on any atom is 0.302 e. The summed E-state index contributed by atoms with van der Waals surface area (Å²) in [7, 11) is 0. The molecule has 2 fully saturated rings. The van der Waals surface area contributed by atoms with E-state index in [4.69, 9.17) is 4.74 Å². The Balaban J connectivity index is 1.62. The molecule has 1 unspecified atom stereocenters. The molecule has 0 aliphatic heterocycles. The van der Waals surface area contributed by atoms with E-state index in [-0.39, 0.29) is 28.7 Å². The zero-order valence-electron chi connectivity index (χ0n) is 16.6. The number of ether oxygens (including phenoxy) is 1. The lowest BCUT2D eigenvalue weighted by Gasteiger charge is -2.57. The van der Waals surface area contributed by atoms with E-state index >= 15 is 0 Å². The van der Waals surface area contributed by atoms with Gasteiger partial charge in [0.25, 0.3) is 0 Å². The van der Waals surface area contributed by atoms with Gasteiger partial charge in [-0.25, -0.2) is 0 Å². The van der Waals surface area contributed by atoms with Crippen LogP contribution in [0.2, 0.25) is 0 Å². The van der Waals surface area contributed by atoms with Crippen molar-refractivity contribution in [3.63, 3.8) is 0 Å². The largest absolute Gasteiger partial charge is 0.463 e. The molecule has 0 N–H and O–H groups in total. The van der Waals surface area contributed by atoms with E-state index < -0.39 is 0 Å². The van der Waals surface area contributed by atoms with Crippen molar-refractivity contribution in [2.45, 2.75) is 78.7 Å². The number of ketones is 1. The lowest BCUT2D eigenvalue weighted by atomic mass is 9.47. The summed E-state index contributed by atoms with van der Waals surface area (Å²) < 4.78 is 5.62. The molecule has 0 aromatic carbocycles. The zero-order chi connectivity index (χ0) is 18.7. The Morgan fingerprint density at radius 2 is 1.81 bits per heavy atom. The molecule has 3 heteroatoms. The van der Waals surface area contributed by atoms with Crippen LogP contribution in [-0.2, 0) is 14.3 Å². The van der Waals surface area contributed by atoms with Gasteiger partial charge in [0.05, 0.1) is 0 Å². The van der Waals surface area contributed by atoms with Crippen LogP contribution in [0.15, 0.2) is 23.3 Å². The number of carbonyl (C=O) groups is 2. The summed E-state index contributed by atoms with van der Waals surface area (Å²) in [6, 6.07) is 0. The maximum atomic E-state index is 12.2. The standard InChI is InChI=1S/C23H32O3/c1-14(24)19-9-10-20-18-8-6-16-5-7-17(26-15(2)25)13-23(16,4)21(18)11-12-22(19,20)3/h6,9,17-18,20-21H,5,7-8,10-13H2,1-4H3/t17?,18-,20-,21-,22+,23-/m0/s1. The van der Waals surface area contributed by atoms with Crippen LogP contribution in [0.3, 0.4) is 0 Å². The SMILES string of the molecule is CC(=O)OC1CCC2=CC[C@@H]3[C@H](CC[C@]4(C)C(C(C)=O)=CC[C@@H]34)[C@@]2(C)C1. The Hall–Kier alpha value is -1.38. The van der Waals surface area contributed by atoms with Gasteiger partial charge in [0.1, 0.15) is 6.10 Å². The molecule has 142 valence electrons. The molecule has 0 aromatic heterocycles. The first kappa shape index (κ1) is 18.0. The van der Waals surface area contributed by atoms with Crippen molar-refractivity contribution in [2.24, 2.45) is 28.6 Å². The molecule has 26 heavy (non-hydrogen) atoms. The third-order valence-electron chi connectivity index (χ3n) is 8.31. The first-order valence-corrected chi connectivity index (χ1v) is 10.3. The second-order valence-electron chi connectivity index (χ2n) is 9.60. The molecule has 0 spiro atoms. The van der Waals surface area contributed by atoms with Crippen LogP contribution in [0.4, 0.5) is 0 Å². The number of esters is 1. The van der Waals surface area contributed by atoms with Gasteiger partial charge in [-0.1, -0.05) is 31.6 Å². The summed E-state index contributed by atoms with van der Waals surface area (Å²) in [4.78, 5) is 23.6. The van der Waals surface area contributed by atoms with E-state index in [1.54, 1.807) is 12.5 Å². The molecule has 4 rings (SSSR count). The van der Waals surface area contributed by atoms with Crippen LogP contribution >= 0.6 is 0 Å². The van der Waals surface area contributed by atoms with Crippen molar-refractivity contribution in [3.05, 3.63) is 23.3 Å². The summed E-state index contributed by atoms with van der Waals surface area (Å²) in [6.45, 7) is 8.01. The summed E-state index contributed by atoms with van der Waals surface area (Å²) in [5.41, 5.74) is 2.91. The van der Waals surface area contributed by atoms with E-state index in [0.717, 1.165) is 44.1 Å². The highest BCUT2D eigenvalue weighted by Gasteiger charge is 2.57. The average Bonchev–Trinajstić information content (AvgIpc) is 2.91. The first-order chi connectivity index (χ1) is 12.3. The van der Waals surface area contributed by atoms with Gasteiger partial charge in [-0.05, 0) is 86.0 Å². The molecular weight excluding hydrogens is 324 g/mol. The molecule has 0 radical (unpaired) electrons. The van der Waals surface area contributed by atoms with Gasteiger partial charge in [0.15, 0.2) is 5.78 Å². The Morgan fingerprint density at radius 3 is 2.50 bits per heavy atom. The first-order valence-electron chi connectivity index (χ1n) is 10.3. The lowest BCUT2D eigenvalue weighted by Crippen LogP contribution is -2.51. The molecule has 2 saturated carbocycles. The molecule has 0 aromatic rings. The smallest absolute Gasteiger partial charge is 0.302 e. The van der Waals surface area contributed by atoms with Crippen molar-refractivity contribution in [2.75, 3.05) is 0 Å². The molecule has 6 atom stereocenters. The fourth-order valence-electron chi connectivity index (χ4n) is 7.17. The minimum atomic E-state index is -0.152.